The van der Waals surface area contributed by atoms with E-state index in [1.165, 1.54) is 12.1 Å². The van der Waals surface area contributed by atoms with E-state index in [0.29, 0.717) is 11.4 Å². The second-order valence-electron chi connectivity index (χ2n) is 4.76. The van der Waals surface area contributed by atoms with Gasteiger partial charge in [-0.3, -0.25) is 0 Å². The molecule has 0 radical (unpaired) electrons. The Bertz CT molecular complexity index is 586. The Morgan fingerprint density at radius 1 is 1.10 bits per heavy atom. The molecule has 1 N–H and O–H groups in total. The minimum atomic E-state index is -0.818. The van der Waals surface area contributed by atoms with Crippen LogP contribution in [0.1, 0.15) is 17.0 Å². The lowest BCUT2D eigenvalue weighted by atomic mass is 9.92. The van der Waals surface area contributed by atoms with Gasteiger partial charge in [-0.15, -0.1) is 0 Å². The van der Waals surface area contributed by atoms with Gasteiger partial charge < -0.3 is 5.32 Å². The van der Waals surface area contributed by atoms with Crippen LogP contribution < -0.4 is 5.32 Å². The lowest BCUT2D eigenvalue weighted by molar-refractivity contribution is 0.505. The first-order valence-electron chi connectivity index (χ1n) is 6.44. The highest BCUT2D eigenvalue weighted by Gasteiger charge is 2.13. The van der Waals surface area contributed by atoms with Crippen LogP contribution >= 0.6 is 11.6 Å². The van der Waals surface area contributed by atoms with E-state index in [-0.39, 0.29) is 5.92 Å². The number of halogens is 3. The Morgan fingerprint density at radius 2 is 1.90 bits per heavy atom. The molecule has 0 bridgehead atoms. The Balaban J connectivity index is 2.22. The van der Waals surface area contributed by atoms with Crippen molar-refractivity contribution in [3.63, 3.8) is 0 Å². The first-order chi connectivity index (χ1) is 9.60. The van der Waals surface area contributed by atoms with E-state index >= 15 is 0 Å². The predicted octanol–water partition coefficient (Wildman–Crippen LogP) is 4.16. The zero-order chi connectivity index (χ0) is 14.5. The summed E-state index contributed by atoms with van der Waals surface area (Å²) in [5, 5.41) is 3.80. The van der Waals surface area contributed by atoms with Gasteiger partial charge in [0.15, 0.2) is 11.6 Å². The minimum Gasteiger partial charge on any atom is -0.319 e. The molecule has 0 aliphatic carbocycles. The Hall–Kier alpha value is -1.45. The summed E-state index contributed by atoms with van der Waals surface area (Å²) in [5.41, 5.74) is 1.85. The molecule has 0 aromatic heterocycles. The van der Waals surface area contributed by atoms with Crippen molar-refractivity contribution in [3.8, 4) is 0 Å². The van der Waals surface area contributed by atoms with Crippen molar-refractivity contribution in [2.45, 2.75) is 12.3 Å². The van der Waals surface area contributed by atoms with Gasteiger partial charge in [0.2, 0.25) is 0 Å². The van der Waals surface area contributed by atoms with E-state index in [4.69, 9.17) is 11.6 Å². The van der Waals surface area contributed by atoms with Gasteiger partial charge in [0, 0.05) is 17.5 Å². The Kier molecular flexibility index (Phi) is 5.10. The van der Waals surface area contributed by atoms with Crippen LogP contribution in [-0.4, -0.2) is 13.6 Å². The van der Waals surface area contributed by atoms with Crippen molar-refractivity contribution in [3.05, 3.63) is 70.2 Å². The number of benzene rings is 2. The zero-order valence-corrected chi connectivity index (χ0v) is 11.9. The van der Waals surface area contributed by atoms with Crippen molar-refractivity contribution in [1.29, 1.82) is 0 Å². The summed E-state index contributed by atoms with van der Waals surface area (Å²) in [6.07, 6.45) is 0.623. The maximum atomic E-state index is 13.3. The molecular formula is C16H16ClF2N. The predicted molar refractivity (Wildman–Crippen MR) is 78.2 cm³/mol. The van der Waals surface area contributed by atoms with E-state index in [2.05, 4.69) is 5.32 Å². The quantitative estimate of drug-likeness (QED) is 0.873. The molecule has 0 saturated heterocycles. The average molecular weight is 296 g/mol. The highest BCUT2D eigenvalue weighted by atomic mass is 35.5. The number of nitrogens with one attached hydrogen (secondary N) is 1. The smallest absolute Gasteiger partial charge is 0.159 e. The van der Waals surface area contributed by atoms with Crippen molar-refractivity contribution in [1.82, 2.24) is 5.32 Å². The summed E-state index contributed by atoms with van der Waals surface area (Å²) in [6, 6.07) is 11.6. The fraction of sp³-hybridized carbons (Fsp3) is 0.250. The molecule has 0 amide bonds. The van der Waals surface area contributed by atoms with Crippen LogP contribution in [0.3, 0.4) is 0 Å². The zero-order valence-electron chi connectivity index (χ0n) is 11.2. The molecule has 2 aromatic carbocycles. The van der Waals surface area contributed by atoms with Crippen LogP contribution in [0.2, 0.25) is 5.02 Å². The molecule has 0 fully saturated rings. The maximum Gasteiger partial charge on any atom is 0.159 e. The van der Waals surface area contributed by atoms with E-state index in [0.717, 1.165) is 17.7 Å². The third-order valence-corrected chi connectivity index (χ3v) is 3.47. The van der Waals surface area contributed by atoms with Crippen LogP contribution in [0, 0.1) is 11.6 Å². The number of likely N-dealkylation sites (N-methyl/N-ethyl adjacent to an activating group) is 1. The van der Waals surface area contributed by atoms with Crippen LogP contribution in [0.15, 0.2) is 42.5 Å². The lowest BCUT2D eigenvalue weighted by Crippen LogP contribution is -2.19. The van der Waals surface area contributed by atoms with Gasteiger partial charge in [-0.25, -0.2) is 8.78 Å². The number of hydrogen-bond acceptors (Lipinski definition) is 1. The van der Waals surface area contributed by atoms with Gasteiger partial charge in [-0.2, -0.15) is 0 Å². The number of rotatable bonds is 5. The highest BCUT2D eigenvalue weighted by molar-refractivity contribution is 6.30. The van der Waals surface area contributed by atoms with Crippen LogP contribution in [0.5, 0.6) is 0 Å². The second kappa shape index (κ2) is 6.82. The van der Waals surface area contributed by atoms with Gasteiger partial charge in [-0.1, -0.05) is 29.8 Å². The van der Waals surface area contributed by atoms with E-state index in [9.17, 15) is 8.78 Å². The molecule has 4 heteroatoms. The van der Waals surface area contributed by atoms with E-state index < -0.39 is 11.6 Å². The Morgan fingerprint density at radius 3 is 2.55 bits per heavy atom. The minimum absolute atomic E-state index is 0.156. The van der Waals surface area contributed by atoms with Crippen molar-refractivity contribution < 1.29 is 8.78 Å². The SMILES string of the molecule is CNCC(Cc1ccc(F)c(F)c1)c1cccc(Cl)c1. The topological polar surface area (TPSA) is 12.0 Å². The fourth-order valence-corrected chi connectivity index (χ4v) is 2.46. The molecule has 2 rings (SSSR count). The monoisotopic (exact) mass is 295 g/mol. The molecular weight excluding hydrogens is 280 g/mol. The van der Waals surface area contributed by atoms with Crippen molar-refractivity contribution >= 4 is 11.6 Å². The maximum absolute atomic E-state index is 13.3. The van der Waals surface area contributed by atoms with Crippen LogP contribution in [0.25, 0.3) is 0 Å². The van der Waals surface area contributed by atoms with Crippen molar-refractivity contribution in [2.24, 2.45) is 0 Å². The molecule has 0 aliphatic rings. The van der Waals surface area contributed by atoms with Crippen molar-refractivity contribution in [2.75, 3.05) is 13.6 Å². The summed E-state index contributed by atoms with van der Waals surface area (Å²) in [7, 11) is 1.86. The van der Waals surface area contributed by atoms with E-state index in [1.54, 1.807) is 6.07 Å². The summed E-state index contributed by atoms with van der Waals surface area (Å²) in [6.45, 7) is 0.735. The summed E-state index contributed by atoms with van der Waals surface area (Å²) in [4.78, 5) is 0. The molecule has 0 heterocycles. The molecule has 1 nitrogen and oxygen atoms in total. The van der Waals surface area contributed by atoms with Gasteiger partial charge in [0.05, 0.1) is 0 Å². The molecule has 20 heavy (non-hydrogen) atoms. The van der Waals surface area contributed by atoms with Gasteiger partial charge in [0.1, 0.15) is 0 Å². The molecule has 106 valence electrons. The standard InChI is InChI=1S/C16H16ClF2N/c1-20-10-13(12-3-2-4-14(17)9-12)7-11-5-6-15(18)16(19)8-11/h2-6,8-9,13,20H,7,10H2,1H3. The molecule has 0 saturated carbocycles. The average Bonchev–Trinajstić information content (AvgIpc) is 2.42. The lowest BCUT2D eigenvalue weighted by Gasteiger charge is -2.17. The highest BCUT2D eigenvalue weighted by Crippen LogP contribution is 2.24. The second-order valence-corrected chi connectivity index (χ2v) is 5.20. The fourth-order valence-electron chi connectivity index (χ4n) is 2.27. The summed E-state index contributed by atoms with van der Waals surface area (Å²) < 4.78 is 26.2. The molecule has 1 unspecified atom stereocenters. The third-order valence-electron chi connectivity index (χ3n) is 3.24. The largest absolute Gasteiger partial charge is 0.319 e. The molecule has 0 aliphatic heterocycles. The summed E-state index contributed by atoms with van der Waals surface area (Å²) >= 11 is 6.01. The Labute approximate surface area is 122 Å². The normalized spacial score (nSPS) is 12.4. The van der Waals surface area contributed by atoms with Crippen LogP contribution in [-0.2, 0) is 6.42 Å². The first-order valence-corrected chi connectivity index (χ1v) is 6.82. The van der Waals surface area contributed by atoms with E-state index in [1.807, 2.05) is 31.3 Å². The number of hydrogen-bond donors (Lipinski definition) is 1. The van der Waals surface area contributed by atoms with Crippen LogP contribution in [0.4, 0.5) is 8.78 Å². The molecule has 0 spiro atoms. The molecule has 1 atom stereocenters. The first kappa shape index (κ1) is 14.9. The van der Waals surface area contributed by atoms with Gasteiger partial charge in [-0.05, 0) is 48.9 Å². The summed E-state index contributed by atoms with van der Waals surface area (Å²) in [5.74, 6) is -1.47. The van der Waals surface area contributed by atoms with Gasteiger partial charge >= 0.3 is 0 Å². The third kappa shape index (κ3) is 3.78. The molecule has 2 aromatic rings. The van der Waals surface area contributed by atoms with Gasteiger partial charge in [0.25, 0.3) is 0 Å².